The Kier molecular flexibility index (Phi) is 8.57. The van der Waals surface area contributed by atoms with Crippen LogP contribution in [-0.4, -0.2) is 40.8 Å². The molecule has 1 aliphatic heterocycles. The van der Waals surface area contributed by atoms with Crippen LogP contribution in [0.5, 0.6) is 0 Å². The van der Waals surface area contributed by atoms with Crippen molar-refractivity contribution >= 4 is 17.5 Å². The van der Waals surface area contributed by atoms with Gasteiger partial charge in [0.15, 0.2) is 0 Å². The Labute approximate surface area is 171 Å². The molecule has 0 aliphatic carbocycles. The molecule has 2 rings (SSSR count). The molecule has 0 bridgehead atoms. The van der Waals surface area contributed by atoms with Crippen LogP contribution in [0.1, 0.15) is 37.8 Å². The van der Waals surface area contributed by atoms with E-state index in [4.69, 9.17) is 21.4 Å². The maximum atomic E-state index is 13.0. The van der Waals surface area contributed by atoms with Gasteiger partial charge in [0.25, 0.3) is 5.91 Å². The molecule has 156 valence electrons. The van der Waals surface area contributed by atoms with Gasteiger partial charge in [-0.3, -0.25) is 14.6 Å². The third-order valence-electron chi connectivity index (χ3n) is 4.22. The number of allylic oxidation sites excluding steroid dienone is 1. The van der Waals surface area contributed by atoms with Crippen LogP contribution in [0, 0.1) is 0 Å². The van der Waals surface area contributed by atoms with Gasteiger partial charge < -0.3 is 16.6 Å². The van der Waals surface area contributed by atoms with Crippen LogP contribution in [0.3, 0.4) is 0 Å². The number of nitrogens with zero attached hydrogens (tertiary/aromatic N) is 3. The Morgan fingerprint density at radius 2 is 2.00 bits per heavy atom. The third kappa shape index (κ3) is 6.27. The van der Waals surface area contributed by atoms with Gasteiger partial charge in [0, 0.05) is 24.7 Å². The fourth-order valence-corrected chi connectivity index (χ4v) is 2.79. The Balaban J connectivity index is 2.34. The highest BCUT2D eigenvalue weighted by Gasteiger charge is 2.23. The second-order valence-electron chi connectivity index (χ2n) is 6.50. The molecule has 0 unspecified atom stereocenters. The maximum absolute atomic E-state index is 13.0. The number of hydrogen-bond acceptors (Lipinski definition) is 7. The predicted molar refractivity (Wildman–Crippen MR) is 114 cm³/mol. The lowest BCUT2D eigenvalue weighted by Crippen LogP contribution is -2.34. The predicted octanol–water partition coefficient (Wildman–Crippen LogP) is 1.80. The highest BCUT2D eigenvalue weighted by molar-refractivity contribution is 6.16. The molecule has 8 heteroatoms. The first kappa shape index (κ1) is 22.3. The van der Waals surface area contributed by atoms with Crippen molar-refractivity contribution in [2.75, 3.05) is 13.2 Å². The van der Waals surface area contributed by atoms with Crippen molar-refractivity contribution in [3.63, 3.8) is 0 Å². The highest BCUT2D eigenvalue weighted by atomic mass is 16.7. The molecule has 0 aromatic heterocycles. The zero-order valence-electron chi connectivity index (χ0n) is 17.0. The number of aliphatic hydroxyl groups is 1. The molecule has 1 aromatic carbocycles. The second kappa shape index (κ2) is 11.1. The van der Waals surface area contributed by atoms with Crippen molar-refractivity contribution in [3.8, 4) is 0 Å². The number of carbonyl (C=O) groups excluding carboxylic acids is 1. The van der Waals surface area contributed by atoms with Gasteiger partial charge in [-0.15, -0.1) is 0 Å². The summed E-state index contributed by atoms with van der Waals surface area (Å²) in [5.74, 6) is 0.0249. The van der Waals surface area contributed by atoms with Gasteiger partial charge >= 0.3 is 0 Å². The number of nitrogens with two attached hydrogens (primary N) is 2. The van der Waals surface area contributed by atoms with Gasteiger partial charge in [-0.05, 0) is 30.5 Å². The summed E-state index contributed by atoms with van der Waals surface area (Å²) in [5, 5.41) is 10.5. The third-order valence-corrected chi connectivity index (χ3v) is 4.22. The van der Waals surface area contributed by atoms with Gasteiger partial charge in [-0.25, -0.2) is 10.1 Å². The lowest BCUT2D eigenvalue weighted by Gasteiger charge is -2.21. The smallest absolute Gasteiger partial charge is 0.273 e. The number of carbonyl (C=O) groups is 1. The monoisotopic (exact) mass is 399 g/mol. The van der Waals surface area contributed by atoms with Crippen molar-refractivity contribution < 1.29 is 14.7 Å². The first-order valence-electron chi connectivity index (χ1n) is 9.66. The van der Waals surface area contributed by atoms with Crippen LogP contribution in [0.25, 0.3) is 0 Å². The second-order valence-corrected chi connectivity index (χ2v) is 6.50. The lowest BCUT2D eigenvalue weighted by atomic mass is 10.1. The van der Waals surface area contributed by atoms with Crippen LogP contribution in [0.15, 0.2) is 57.8 Å². The Bertz CT molecular complexity index is 819. The summed E-state index contributed by atoms with van der Waals surface area (Å²) >= 11 is 0. The Morgan fingerprint density at radius 3 is 2.59 bits per heavy atom. The number of rotatable bonds is 8. The topological polar surface area (TPSA) is 127 Å². The number of aliphatic hydroxyl groups excluding tert-OH is 1. The minimum Gasteiger partial charge on any atom is -0.403 e. The molecule has 29 heavy (non-hydrogen) atoms. The van der Waals surface area contributed by atoms with Crippen LogP contribution in [-0.2, 0) is 22.8 Å². The molecule has 0 saturated heterocycles. The van der Waals surface area contributed by atoms with E-state index in [1.54, 1.807) is 6.08 Å². The van der Waals surface area contributed by atoms with Crippen molar-refractivity contribution in [1.29, 1.82) is 0 Å². The summed E-state index contributed by atoms with van der Waals surface area (Å²) in [5.41, 5.74) is 14.8. The van der Waals surface area contributed by atoms with Crippen molar-refractivity contribution in [1.82, 2.24) is 5.06 Å². The largest absolute Gasteiger partial charge is 0.403 e. The summed E-state index contributed by atoms with van der Waals surface area (Å²) in [6, 6.07) is 7.47. The Morgan fingerprint density at radius 1 is 1.31 bits per heavy atom. The summed E-state index contributed by atoms with van der Waals surface area (Å²) in [6.07, 6.45) is 3.96. The zero-order valence-corrected chi connectivity index (χ0v) is 17.0. The highest BCUT2D eigenvalue weighted by Crippen LogP contribution is 2.17. The molecule has 1 heterocycles. The first-order valence-corrected chi connectivity index (χ1v) is 9.66. The van der Waals surface area contributed by atoms with Gasteiger partial charge in [0.2, 0.25) is 0 Å². The Hall–Kier alpha value is -2.97. The summed E-state index contributed by atoms with van der Waals surface area (Å²) in [4.78, 5) is 27.3. The molecule has 0 fully saturated rings. The minimum absolute atomic E-state index is 0.00878. The number of aliphatic imine (C=N–C) groups is 2. The number of hydroxylamine groups is 2. The normalized spacial score (nSPS) is 17.1. The van der Waals surface area contributed by atoms with Crippen LogP contribution < -0.4 is 11.5 Å². The van der Waals surface area contributed by atoms with E-state index in [1.165, 1.54) is 11.3 Å². The maximum Gasteiger partial charge on any atom is 0.273 e. The van der Waals surface area contributed by atoms with Crippen molar-refractivity contribution in [2.45, 2.75) is 39.8 Å². The number of amides is 1. The van der Waals surface area contributed by atoms with Crippen molar-refractivity contribution in [2.24, 2.45) is 21.5 Å². The summed E-state index contributed by atoms with van der Waals surface area (Å²) in [7, 11) is 0. The van der Waals surface area contributed by atoms with E-state index in [9.17, 15) is 4.79 Å². The van der Waals surface area contributed by atoms with E-state index < -0.39 is 0 Å². The van der Waals surface area contributed by atoms with Gasteiger partial charge in [-0.1, -0.05) is 31.2 Å². The standard InChI is InChI=1S/C21H29N5O3/c1-3-9-26(29-4-2)21(28)17-10-18(19(12-22)25-20(23)11-17)24-13-15-5-7-16(14-27)8-6-15/h5-8,10,12,27H,3-4,9,11,13-14,22H2,1-2H3,(H2,23,25)/b19-12+,24-18?. The van der Waals surface area contributed by atoms with E-state index in [2.05, 4.69) is 9.98 Å². The van der Waals surface area contributed by atoms with Crippen LogP contribution in [0.4, 0.5) is 0 Å². The molecule has 0 spiro atoms. The zero-order chi connectivity index (χ0) is 21.2. The molecule has 1 aliphatic rings. The molecule has 5 N–H and O–H groups in total. The van der Waals surface area contributed by atoms with Gasteiger partial charge in [0.05, 0.1) is 25.5 Å². The van der Waals surface area contributed by atoms with Crippen LogP contribution >= 0.6 is 0 Å². The van der Waals surface area contributed by atoms with Crippen molar-refractivity contribution in [3.05, 3.63) is 58.9 Å². The van der Waals surface area contributed by atoms with E-state index >= 15 is 0 Å². The molecule has 1 aromatic rings. The quantitative estimate of drug-likeness (QED) is 0.575. The van der Waals surface area contributed by atoms with E-state index in [1.807, 2.05) is 38.1 Å². The van der Waals surface area contributed by atoms with E-state index in [-0.39, 0.29) is 24.8 Å². The first-order chi connectivity index (χ1) is 14.0. The van der Waals surface area contributed by atoms with Gasteiger partial charge in [0.1, 0.15) is 11.5 Å². The summed E-state index contributed by atoms with van der Waals surface area (Å²) < 4.78 is 0. The van der Waals surface area contributed by atoms with Crippen LogP contribution in [0.2, 0.25) is 0 Å². The minimum atomic E-state index is -0.259. The SMILES string of the molecule is CCCN(OCC)C(=O)C1=CC(=NCc2ccc(CO)cc2)/C(=C\N)N=C(N)C1. The fourth-order valence-electron chi connectivity index (χ4n) is 2.79. The summed E-state index contributed by atoms with van der Waals surface area (Å²) in [6.45, 7) is 5.03. The molecule has 1 amide bonds. The average molecular weight is 399 g/mol. The van der Waals surface area contributed by atoms with Gasteiger partial charge in [-0.2, -0.15) is 0 Å². The molecule has 8 nitrogen and oxygen atoms in total. The molecular weight excluding hydrogens is 370 g/mol. The molecular formula is C21H29N5O3. The lowest BCUT2D eigenvalue weighted by molar-refractivity contribution is -0.180. The average Bonchev–Trinajstić information content (AvgIpc) is 2.90. The molecule has 0 atom stereocenters. The number of hydrogen-bond donors (Lipinski definition) is 3. The molecule has 0 radical (unpaired) electrons. The fraction of sp³-hybridized carbons (Fsp3) is 0.381. The van der Waals surface area contributed by atoms with E-state index in [0.29, 0.717) is 36.7 Å². The number of amidine groups is 1. The van der Waals surface area contributed by atoms with E-state index in [0.717, 1.165) is 17.5 Å². The number of benzene rings is 1. The molecule has 0 saturated carbocycles.